The lowest BCUT2D eigenvalue weighted by Gasteiger charge is -2.37. The smallest absolute Gasteiger partial charge is 0.244 e. The Bertz CT molecular complexity index is 1030. The second kappa shape index (κ2) is 10.2. The van der Waals surface area contributed by atoms with Crippen LogP contribution in [0.3, 0.4) is 0 Å². The van der Waals surface area contributed by atoms with Crippen LogP contribution in [-0.2, 0) is 25.0 Å². The summed E-state index contributed by atoms with van der Waals surface area (Å²) in [5.41, 5.74) is 0.357. The monoisotopic (exact) mass is 473 g/mol. The Balaban J connectivity index is 1.37. The average Bonchev–Trinajstić information content (AvgIpc) is 2.88. The molecule has 1 N–H and O–H groups in total. The van der Waals surface area contributed by atoms with Crippen molar-refractivity contribution < 1.29 is 22.7 Å². The predicted molar refractivity (Wildman–Crippen MR) is 123 cm³/mol. The number of ether oxygens (including phenoxy) is 2. The number of aromatic nitrogens is 1. The lowest BCUT2D eigenvalue weighted by molar-refractivity contribution is -0.130. The highest BCUT2D eigenvalue weighted by molar-refractivity contribution is 7.89. The normalized spacial score (nSPS) is 19.7. The molecule has 1 aromatic heterocycles. The summed E-state index contributed by atoms with van der Waals surface area (Å²) in [7, 11) is -1.90. The summed E-state index contributed by atoms with van der Waals surface area (Å²) < 4.78 is 37.9. The number of methoxy groups -OCH3 is 1. The molecule has 2 aromatic rings. The number of amides is 1. The number of nitrogens with zero attached hydrogens (tertiary/aromatic N) is 2. The van der Waals surface area contributed by atoms with Crippen molar-refractivity contribution in [1.29, 1.82) is 0 Å². The van der Waals surface area contributed by atoms with Crippen LogP contribution in [0.2, 0.25) is 0 Å². The number of piperidine rings is 1. The first kappa shape index (κ1) is 23.7. The van der Waals surface area contributed by atoms with Crippen LogP contribution in [-0.4, -0.2) is 63.6 Å². The van der Waals surface area contributed by atoms with Crippen LogP contribution in [0.4, 0.5) is 0 Å². The molecule has 9 heteroatoms. The Morgan fingerprint density at radius 3 is 2.48 bits per heavy atom. The molecule has 2 aliphatic heterocycles. The average molecular weight is 474 g/mol. The van der Waals surface area contributed by atoms with Crippen LogP contribution >= 0.6 is 0 Å². The van der Waals surface area contributed by atoms with E-state index in [1.807, 2.05) is 24.3 Å². The third kappa shape index (κ3) is 5.05. The van der Waals surface area contributed by atoms with Crippen LogP contribution in [0.25, 0.3) is 0 Å². The lowest BCUT2D eigenvalue weighted by Crippen LogP contribution is -2.50. The standard InChI is InChI=1S/C24H31N3O5S/c1-31-21-6-4-20(5-7-21)24(10-15-32-16-11-24)23(28)26-17-19-8-13-27(14-9-19)33(29,30)22-3-2-12-25-18-22/h2-7,12,18-19H,8-11,13-17H2,1H3,(H,26,28). The zero-order valence-corrected chi connectivity index (χ0v) is 19.7. The highest BCUT2D eigenvalue weighted by Crippen LogP contribution is 2.36. The minimum Gasteiger partial charge on any atom is -0.497 e. The Morgan fingerprint density at radius 1 is 1.18 bits per heavy atom. The first-order chi connectivity index (χ1) is 16.0. The first-order valence-corrected chi connectivity index (χ1v) is 12.8. The molecule has 0 spiro atoms. The lowest BCUT2D eigenvalue weighted by atomic mass is 9.73. The molecule has 0 atom stereocenters. The van der Waals surface area contributed by atoms with Crippen LogP contribution in [0.1, 0.15) is 31.2 Å². The summed E-state index contributed by atoms with van der Waals surface area (Å²) in [4.78, 5) is 17.6. The SMILES string of the molecule is COc1ccc(C2(C(=O)NCC3CCN(S(=O)(=O)c4cccnc4)CC3)CCOCC2)cc1. The van der Waals surface area contributed by atoms with Crippen molar-refractivity contribution in [2.45, 2.75) is 36.0 Å². The van der Waals surface area contributed by atoms with E-state index in [9.17, 15) is 13.2 Å². The minimum absolute atomic E-state index is 0.0152. The highest BCUT2D eigenvalue weighted by Gasteiger charge is 2.42. The fourth-order valence-corrected chi connectivity index (χ4v) is 6.12. The van der Waals surface area contributed by atoms with Gasteiger partial charge in [0.2, 0.25) is 15.9 Å². The quantitative estimate of drug-likeness (QED) is 0.663. The molecule has 8 nitrogen and oxygen atoms in total. The molecule has 0 aliphatic carbocycles. The fraction of sp³-hybridized carbons (Fsp3) is 0.500. The number of pyridine rings is 1. The number of benzene rings is 1. The van der Waals surface area contributed by atoms with Crippen molar-refractivity contribution in [2.24, 2.45) is 5.92 Å². The summed E-state index contributed by atoms with van der Waals surface area (Å²) in [5.74, 6) is 1.01. The topological polar surface area (TPSA) is 97.8 Å². The summed E-state index contributed by atoms with van der Waals surface area (Å²) >= 11 is 0. The largest absolute Gasteiger partial charge is 0.497 e. The predicted octanol–water partition coefficient (Wildman–Crippen LogP) is 2.36. The molecule has 0 unspecified atom stereocenters. The van der Waals surface area contributed by atoms with Crippen molar-refractivity contribution in [2.75, 3.05) is 40.0 Å². The maximum Gasteiger partial charge on any atom is 0.244 e. The molecular weight excluding hydrogens is 442 g/mol. The van der Waals surface area contributed by atoms with E-state index >= 15 is 0 Å². The van der Waals surface area contributed by atoms with Crippen molar-refractivity contribution in [3.63, 3.8) is 0 Å². The third-order valence-electron chi connectivity index (χ3n) is 6.82. The van der Waals surface area contributed by atoms with Crippen LogP contribution in [0.5, 0.6) is 5.75 Å². The Labute approximate surface area is 195 Å². The van der Waals surface area contributed by atoms with Crippen molar-refractivity contribution in [3.05, 3.63) is 54.4 Å². The van der Waals surface area contributed by atoms with Gasteiger partial charge in [-0.15, -0.1) is 0 Å². The van der Waals surface area contributed by atoms with Gasteiger partial charge in [0.25, 0.3) is 0 Å². The van der Waals surface area contributed by atoms with Crippen LogP contribution in [0, 0.1) is 5.92 Å². The second-order valence-corrected chi connectivity index (χ2v) is 10.6. The molecule has 2 saturated heterocycles. The molecule has 0 bridgehead atoms. The maximum atomic E-state index is 13.4. The molecule has 1 aromatic carbocycles. The molecule has 2 aliphatic rings. The van der Waals surface area contributed by atoms with Gasteiger partial charge in [0.1, 0.15) is 10.6 Å². The van der Waals surface area contributed by atoms with Gasteiger partial charge in [-0.25, -0.2) is 8.42 Å². The minimum atomic E-state index is -3.53. The number of hydrogen-bond donors (Lipinski definition) is 1. The molecule has 0 saturated carbocycles. The summed E-state index contributed by atoms with van der Waals surface area (Å²) in [6, 6.07) is 10.9. The zero-order valence-electron chi connectivity index (χ0n) is 18.9. The van der Waals surface area contributed by atoms with Gasteiger partial charge in [0.05, 0.1) is 12.5 Å². The number of carbonyl (C=O) groups is 1. The molecule has 3 heterocycles. The van der Waals surface area contributed by atoms with E-state index in [1.165, 1.54) is 10.5 Å². The van der Waals surface area contributed by atoms with Crippen molar-refractivity contribution in [3.8, 4) is 5.75 Å². The number of sulfonamides is 1. The number of carbonyl (C=O) groups excluding carboxylic acids is 1. The van der Waals surface area contributed by atoms with Crippen LogP contribution < -0.4 is 10.1 Å². The van der Waals surface area contributed by atoms with Gasteiger partial charge < -0.3 is 14.8 Å². The van der Waals surface area contributed by atoms with E-state index in [-0.39, 0.29) is 16.7 Å². The Kier molecular flexibility index (Phi) is 7.31. The van der Waals surface area contributed by atoms with Gasteiger partial charge in [0.15, 0.2) is 0 Å². The van der Waals surface area contributed by atoms with E-state index < -0.39 is 15.4 Å². The molecule has 0 radical (unpaired) electrons. The van der Waals surface area contributed by atoms with E-state index in [1.54, 1.807) is 25.4 Å². The number of hydrogen-bond acceptors (Lipinski definition) is 6. The Morgan fingerprint density at radius 2 is 1.88 bits per heavy atom. The summed E-state index contributed by atoms with van der Waals surface area (Å²) in [6.07, 6.45) is 5.62. The molecule has 4 rings (SSSR count). The summed E-state index contributed by atoms with van der Waals surface area (Å²) in [5, 5.41) is 3.17. The second-order valence-electron chi connectivity index (χ2n) is 8.67. The van der Waals surface area contributed by atoms with Gasteiger partial charge in [-0.1, -0.05) is 12.1 Å². The molecular formula is C24H31N3O5S. The zero-order chi connectivity index (χ0) is 23.3. The van der Waals surface area contributed by atoms with E-state index in [0.717, 1.165) is 11.3 Å². The van der Waals surface area contributed by atoms with E-state index in [2.05, 4.69) is 10.3 Å². The maximum absolute atomic E-state index is 13.4. The highest BCUT2D eigenvalue weighted by atomic mass is 32.2. The van der Waals surface area contributed by atoms with E-state index in [0.29, 0.717) is 58.5 Å². The summed E-state index contributed by atoms with van der Waals surface area (Å²) in [6.45, 7) is 2.51. The third-order valence-corrected chi connectivity index (χ3v) is 8.70. The molecule has 178 valence electrons. The van der Waals surface area contributed by atoms with Gasteiger partial charge in [-0.2, -0.15) is 4.31 Å². The van der Waals surface area contributed by atoms with Crippen LogP contribution in [0.15, 0.2) is 53.7 Å². The van der Waals surface area contributed by atoms with Gasteiger partial charge in [-0.05, 0) is 61.4 Å². The molecule has 2 fully saturated rings. The van der Waals surface area contributed by atoms with Crippen molar-refractivity contribution in [1.82, 2.24) is 14.6 Å². The van der Waals surface area contributed by atoms with E-state index in [4.69, 9.17) is 9.47 Å². The number of rotatable bonds is 7. The molecule has 33 heavy (non-hydrogen) atoms. The molecule has 1 amide bonds. The number of nitrogens with one attached hydrogen (secondary N) is 1. The Hall–Kier alpha value is -2.49. The van der Waals surface area contributed by atoms with Gasteiger partial charge in [-0.3, -0.25) is 9.78 Å². The van der Waals surface area contributed by atoms with Gasteiger partial charge in [0, 0.05) is 45.2 Å². The van der Waals surface area contributed by atoms with Crippen molar-refractivity contribution >= 4 is 15.9 Å². The first-order valence-electron chi connectivity index (χ1n) is 11.4. The van der Waals surface area contributed by atoms with Gasteiger partial charge >= 0.3 is 0 Å². The fourth-order valence-electron chi connectivity index (χ4n) is 4.69.